The first-order chi connectivity index (χ1) is 9.13. The topological polar surface area (TPSA) is 64.9 Å². The monoisotopic (exact) mass is 289 g/mol. The van der Waals surface area contributed by atoms with E-state index < -0.39 is 23.4 Å². The molecule has 2 N–H and O–H groups in total. The second-order valence-corrected chi connectivity index (χ2v) is 4.58. The minimum atomic E-state index is -4.74. The van der Waals surface area contributed by atoms with E-state index in [1.54, 1.807) is 6.92 Å². The van der Waals surface area contributed by atoms with Crippen molar-refractivity contribution in [3.05, 3.63) is 35.5 Å². The van der Waals surface area contributed by atoms with Crippen molar-refractivity contribution in [1.82, 2.24) is 10.1 Å². The fourth-order valence-corrected chi connectivity index (χ4v) is 1.50. The Morgan fingerprint density at radius 1 is 1.25 bits per heavy atom. The molecule has 4 nitrogen and oxygen atoms in total. The Morgan fingerprint density at radius 3 is 2.50 bits per heavy atom. The number of rotatable bonds is 2. The number of nitrogens with two attached hydrogens (primary N) is 1. The molecule has 1 aromatic heterocycles. The minimum absolute atomic E-state index is 0.141. The number of benzene rings is 1. The van der Waals surface area contributed by atoms with Gasteiger partial charge in [-0.15, -0.1) is 0 Å². The molecule has 2 aromatic rings. The summed E-state index contributed by atoms with van der Waals surface area (Å²) in [5, 5.41) is 3.44. The summed E-state index contributed by atoms with van der Waals surface area (Å²) in [5.74, 6) is -1.47. The summed E-state index contributed by atoms with van der Waals surface area (Å²) in [7, 11) is 0. The van der Waals surface area contributed by atoms with Crippen LogP contribution < -0.4 is 5.73 Å². The first kappa shape index (κ1) is 14.4. The Hall–Kier alpha value is -1.96. The second-order valence-electron chi connectivity index (χ2n) is 4.58. The third-order valence-corrected chi connectivity index (χ3v) is 2.90. The normalized spacial score (nSPS) is 15.2. The maximum absolute atomic E-state index is 13.2. The van der Waals surface area contributed by atoms with Crippen molar-refractivity contribution < 1.29 is 22.1 Å². The van der Waals surface area contributed by atoms with E-state index in [4.69, 9.17) is 5.73 Å². The van der Waals surface area contributed by atoms with Gasteiger partial charge in [0.1, 0.15) is 5.82 Å². The van der Waals surface area contributed by atoms with Gasteiger partial charge in [-0.05, 0) is 31.5 Å². The number of nitrogens with zero attached hydrogens (tertiary/aromatic N) is 2. The van der Waals surface area contributed by atoms with Crippen LogP contribution in [0.2, 0.25) is 0 Å². The van der Waals surface area contributed by atoms with E-state index in [-0.39, 0.29) is 11.4 Å². The smallest absolute Gasteiger partial charge is 0.337 e. The summed E-state index contributed by atoms with van der Waals surface area (Å²) >= 11 is 0. The zero-order chi connectivity index (χ0) is 15.1. The maximum atomic E-state index is 13.2. The van der Waals surface area contributed by atoms with Crippen LogP contribution in [0.1, 0.15) is 18.4 Å². The van der Waals surface area contributed by atoms with Crippen LogP contribution in [-0.2, 0) is 5.54 Å². The molecule has 0 aliphatic carbocycles. The van der Waals surface area contributed by atoms with Crippen molar-refractivity contribution >= 4 is 0 Å². The molecule has 1 atom stereocenters. The van der Waals surface area contributed by atoms with Crippen molar-refractivity contribution in [2.75, 3.05) is 0 Å². The van der Waals surface area contributed by atoms with Crippen LogP contribution in [0.4, 0.5) is 17.6 Å². The van der Waals surface area contributed by atoms with Crippen LogP contribution in [0.3, 0.4) is 0 Å². The first-order valence-corrected chi connectivity index (χ1v) is 5.59. The molecule has 2 rings (SSSR count). The highest BCUT2D eigenvalue weighted by Crippen LogP contribution is 2.36. The predicted molar refractivity (Wildman–Crippen MR) is 62.0 cm³/mol. The minimum Gasteiger partial charge on any atom is -0.337 e. The Labute approximate surface area is 111 Å². The molecule has 1 aromatic carbocycles. The lowest BCUT2D eigenvalue weighted by atomic mass is 10.0. The molecule has 0 aliphatic rings. The molecular formula is C12H11F4N3O. The number of alkyl halides is 3. The van der Waals surface area contributed by atoms with Crippen molar-refractivity contribution in [1.29, 1.82) is 0 Å². The number of aromatic nitrogens is 2. The van der Waals surface area contributed by atoms with Crippen LogP contribution in [0.15, 0.2) is 22.7 Å². The van der Waals surface area contributed by atoms with Crippen LogP contribution in [0.5, 0.6) is 0 Å². The van der Waals surface area contributed by atoms with Gasteiger partial charge in [0.25, 0.3) is 5.89 Å². The Bertz CT molecular complexity index is 634. The number of hydrogen-bond donors (Lipinski definition) is 1. The van der Waals surface area contributed by atoms with Crippen LogP contribution >= 0.6 is 0 Å². The van der Waals surface area contributed by atoms with Crippen molar-refractivity contribution in [2.24, 2.45) is 5.73 Å². The van der Waals surface area contributed by atoms with Crippen LogP contribution in [-0.4, -0.2) is 16.3 Å². The van der Waals surface area contributed by atoms with Crippen LogP contribution in [0.25, 0.3) is 11.4 Å². The van der Waals surface area contributed by atoms with Crippen molar-refractivity contribution in [2.45, 2.75) is 25.6 Å². The molecule has 0 amide bonds. The van der Waals surface area contributed by atoms with Gasteiger partial charge in [0.05, 0.1) is 0 Å². The molecule has 0 bridgehead atoms. The number of aryl methyl sites for hydroxylation is 1. The second kappa shape index (κ2) is 4.55. The highest BCUT2D eigenvalue weighted by atomic mass is 19.4. The lowest BCUT2D eigenvalue weighted by Crippen LogP contribution is -2.47. The first-order valence-electron chi connectivity index (χ1n) is 5.59. The molecule has 0 radical (unpaired) electrons. The van der Waals surface area contributed by atoms with Gasteiger partial charge < -0.3 is 10.3 Å². The summed E-state index contributed by atoms with van der Waals surface area (Å²) in [6, 6.07) is 3.81. The maximum Gasteiger partial charge on any atom is 0.415 e. The summed E-state index contributed by atoms with van der Waals surface area (Å²) in [6.07, 6.45) is -4.74. The molecule has 1 unspecified atom stereocenters. The Morgan fingerprint density at radius 2 is 1.90 bits per heavy atom. The van der Waals surface area contributed by atoms with Gasteiger partial charge in [-0.3, -0.25) is 0 Å². The van der Waals surface area contributed by atoms with Gasteiger partial charge in [0.2, 0.25) is 5.82 Å². The average Bonchev–Trinajstić information content (AvgIpc) is 2.80. The van der Waals surface area contributed by atoms with E-state index in [1.165, 1.54) is 12.1 Å². The lowest BCUT2D eigenvalue weighted by molar-refractivity contribution is -0.190. The summed E-state index contributed by atoms with van der Waals surface area (Å²) in [4.78, 5) is 3.63. The highest BCUT2D eigenvalue weighted by Gasteiger charge is 2.53. The molecule has 0 spiro atoms. The third-order valence-electron chi connectivity index (χ3n) is 2.90. The average molecular weight is 289 g/mol. The van der Waals surface area contributed by atoms with E-state index in [2.05, 4.69) is 14.7 Å². The van der Waals surface area contributed by atoms with Crippen LogP contribution in [0, 0.1) is 12.7 Å². The molecular weight excluding hydrogens is 278 g/mol. The largest absolute Gasteiger partial charge is 0.415 e. The number of hydrogen-bond acceptors (Lipinski definition) is 4. The summed E-state index contributed by atoms with van der Waals surface area (Å²) < 4.78 is 56.0. The predicted octanol–water partition coefficient (Wildman–Crippen LogP) is 2.92. The number of halogens is 4. The van der Waals surface area contributed by atoms with Gasteiger partial charge in [-0.2, -0.15) is 18.2 Å². The molecule has 0 aliphatic heterocycles. The standard InChI is InChI=1S/C12H11F4N3O/c1-6-3-4-7(13)5-8(6)9-18-10(20-19-9)11(2,17)12(14,15)16/h3-5H,17H2,1-2H3. The quantitative estimate of drug-likeness (QED) is 0.863. The SMILES string of the molecule is Cc1ccc(F)cc1-c1noc(C(C)(N)C(F)(F)F)n1. The molecule has 20 heavy (non-hydrogen) atoms. The van der Waals surface area contributed by atoms with E-state index in [0.29, 0.717) is 5.56 Å². The fourth-order valence-electron chi connectivity index (χ4n) is 1.50. The molecule has 1 heterocycles. The zero-order valence-corrected chi connectivity index (χ0v) is 10.6. The van der Waals surface area contributed by atoms with E-state index in [1.807, 2.05) is 0 Å². The molecule has 108 valence electrons. The van der Waals surface area contributed by atoms with Gasteiger partial charge in [-0.1, -0.05) is 11.2 Å². The lowest BCUT2D eigenvalue weighted by Gasteiger charge is -2.22. The van der Waals surface area contributed by atoms with Gasteiger partial charge in [-0.25, -0.2) is 4.39 Å². The summed E-state index contributed by atoms with van der Waals surface area (Å²) in [5.41, 5.74) is 3.26. The summed E-state index contributed by atoms with van der Waals surface area (Å²) in [6.45, 7) is 2.37. The molecule has 0 saturated heterocycles. The Kier molecular flexibility index (Phi) is 3.29. The van der Waals surface area contributed by atoms with E-state index in [0.717, 1.165) is 13.0 Å². The molecule has 0 saturated carbocycles. The Balaban J connectivity index is 2.46. The van der Waals surface area contributed by atoms with Crippen molar-refractivity contribution in [3.8, 4) is 11.4 Å². The zero-order valence-electron chi connectivity index (χ0n) is 10.6. The third kappa shape index (κ3) is 2.38. The molecule has 0 fully saturated rings. The van der Waals surface area contributed by atoms with Gasteiger partial charge >= 0.3 is 6.18 Å². The van der Waals surface area contributed by atoms with Crippen molar-refractivity contribution in [3.63, 3.8) is 0 Å². The van der Waals surface area contributed by atoms with Gasteiger partial charge in [0, 0.05) is 5.56 Å². The fraction of sp³-hybridized carbons (Fsp3) is 0.333. The van der Waals surface area contributed by atoms with E-state index in [9.17, 15) is 17.6 Å². The highest BCUT2D eigenvalue weighted by molar-refractivity contribution is 5.59. The van der Waals surface area contributed by atoms with E-state index >= 15 is 0 Å². The van der Waals surface area contributed by atoms with Gasteiger partial charge in [0.15, 0.2) is 5.54 Å². The molecule has 8 heteroatoms.